The van der Waals surface area contributed by atoms with Crippen molar-refractivity contribution in [3.63, 3.8) is 0 Å². The average molecular weight is 252 g/mol. The summed E-state index contributed by atoms with van der Waals surface area (Å²) in [6.07, 6.45) is 3.55. The summed E-state index contributed by atoms with van der Waals surface area (Å²) in [7, 11) is 0. The average Bonchev–Trinajstić information content (AvgIpc) is 2.97. The minimum absolute atomic E-state index is 0.00677. The van der Waals surface area contributed by atoms with Gasteiger partial charge in [0.05, 0.1) is 12.6 Å². The molecule has 1 aromatic rings. The SMILES string of the molecule is CC(C)n1ncnc1CN1CCCC1C(N)=NO. The first-order valence-electron chi connectivity index (χ1n) is 6.23. The zero-order valence-electron chi connectivity index (χ0n) is 10.8. The van der Waals surface area contributed by atoms with Gasteiger partial charge in [0.15, 0.2) is 5.84 Å². The number of hydrogen-bond acceptors (Lipinski definition) is 5. The molecule has 2 rings (SSSR count). The van der Waals surface area contributed by atoms with E-state index in [0.717, 1.165) is 25.2 Å². The topological polar surface area (TPSA) is 92.6 Å². The van der Waals surface area contributed by atoms with Crippen LogP contribution in [0.15, 0.2) is 11.5 Å². The molecule has 1 aliphatic rings. The monoisotopic (exact) mass is 252 g/mol. The Bertz CT molecular complexity index is 427. The van der Waals surface area contributed by atoms with Crippen LogP contribution in [0.25, 0.3) is 0 Å². The van der Waals surface area contributed by atoms with Gasteiger partial charge in [-0.2, -0.15) is 5.10 Å². The number of aromatic nitrogens is 3. The molecule has 1 saturated heterocycles. The van der Waals surface area contributed by atoms with Gasteiger partial charge < -0.3 is 10.9 Å². The molecule has 1 fully saturated rings. The number of likely N-dealkylation sites (tertiary alicyclic amines) is 1. The number of amidine groups is 1. The number of nitrogens with two attached hydrogens (primary N) is 1. The van der Waals surface area contributed by atoms with Gasteiger partial charge in [0.2, 0.25) is 0 Å². The third-order valence-electron chi connectivity index (χ3n) is 3.30. The van der Waals surface area contributed by atoms with Crippen LogP contribution in [0.1, 0.15) is 38.6 Å². The molecule has 2 heterocycles. The van der Waals surface area contributed by atoms with E-state index in [1.165, 1.54) is 0 Å². The summed E-state index contributed by atoms with van der Waals surface area (Å²) >= 11 is 0. The molecule has 1 aliphatic heterocycles. The van der Waals surface area contributed by atoms with Gasteiger partial charge in [-0.15, -0.1) is 0 Å². The highest BCUT2D eigenvalue weighted by Crippen LogP contribution is 2.20. The molecule has 0 bridgehead atoms. The minimum Gasteiger partial charge on any atom is -0.409 e. The van der Waals surface area contributed by atoms with Gasteiger partial charge >= 0.3 is 0 Å². The van der Waals surface area contributed by atoms with Crippen LogP contribution in [-0.4, -0.2) is 43.3 Å². The Balaban J connectivity index is 2.11. The molecule has 100 valence electrons. The van der Waals surface area contributed by atoms with Gasteiger partial charge in [0.1, 0.15) is 12.2 Å². The first-order valence-corrected chi connectivity index (χ1v) is 6.23. The van der Waals surface area contributed by atoms with E-state index < -0.39 is 0 Å². The normalized spacial score (nSPS) is 21.9. The van der Waals surface area contributed by atoms with E-state index in [4.69, 9.17) is 10.9 Å². The molecular weight excluding hydrogens is 232 g/mol. The maximum absolute atomic E-state index is 8.78. The molecular formula is C11H20N6O. The van der Waals surface area contributed by atoms with Gasteiger partial charge in [0.25, 0.3) is 0 Å². The second-order valence-electron chi connectivity index (χ2n) is 4.87. The van der Waals surface area contributed by atoms with Crippen molar-refractivity contribution < 1.29 is 5.21 Å². The Morgan fingerprint density at radius 2 is 2.44 bits per heavy atom. The van der Waals surface area contributed by atoms with Gasteiger partial charge in [-0.25, -0.2) is 9.67 Å². The molecule has 18 heavy (non-hydrogen) atoms. The van der Waals surface area contributed by atoms with E-state index in [2.05, 4.69) is 34.0 Å². The van der Waals surface area contributed by atoms with Crippen molar-refractivity contribution >= 4 is 5.84 Å². The summed E-state index contributed by atoms with van der Waals surface area (Å²) in [5.74, 6) is 1.20. The lowest BCUT2D eigenvalue weighted by Gasteiger charge is -2.23. The highest BCUT2D eigenvalue weighted by atomic mass is 16.4. The molecule has 1 unspecified atom stereocenters. The van der Waals surface area contributed by atoms with Gasteiger partial charge in [-0.3, -0.25) is 4.90 Å². The Morgan fingerprint density at radius 1 is 1.67 bits per heavy atom. The van der Waals surface area contributed by atoms with Crippen LogP contribution in [0.3, 0.4) is 0 Å². The third kappa shape index (κ3) is 2.45. The second kappa shape index (κ2) is 5.34. The minimum atomic E-state index is 0.00677. The van der Waals surface area contributed by atoms with Gasteiger partial charge in [0, 0.05) is 6.04 Å². The largest absolute Gasteiger partial charge is 0.409 e. The molecule has 0 spiro atoms. The Labute approximate surface area is 106 Å². The molecule has 0 saturated carbocycles. The molecule has 7 nitrogen and oxygen atoms in total. The van der Waals surface area contributed by atoms with Crippen LogP contribution >= 0.6 is 0 Å². The van der Waals surface area contributed by atoms with Gasteiger partial charge in [-0.1, -0.05) is 5.16 Å². The summed E-state index contributed by atoms with van der Waals surface area (Å²) in [6, 6.07) is 0.291. The molecule has 0 aliphatic carbocycles. The fourth-order valence-electron chi connectivity index (χ4n) is 2.42. The lowest BCUT2D eigenvalue weighted by Crippen LogP contribution is -2.40. The number of oxime groups is 1. The van der Waals surface area contributed by atoms with Crippen LogP contribution in [0.5, 0.6) is 0 Å². The molecule has 3 N–H and O–H groups in total. The van der Waals surface area contributed by atoms with Crippen molar-refractivity contribution in [3.05, 3.63) is 12.2 Å². The molecule has 0 aromatic carbocycles. The Kier molecular flexibility index (Phi) is 3.81. The second-order valence-corrected chi connectivity index (χ2v) is 4.87. The standard InChI is InChI=1S/C11H20N6O/c1-8(2)17-10(13-7-14-17)6-16-5-3-4-9(16)11(12)15-18/h7-9,18H,3-6H2,1-2H3,(H2,12,15). The van der Waals surface area contributed by atoms with Crippen molar-refractivity contribution in [1.82, 2.24) is 19.7 Å². The lowest BCUT2D eigenvalue weighted by molar-refractivity contribution is 0.263. The number of rotatable bonds is 4. The summed E-state index contributed by atoms with van der Waals surface area (Å²) in [6.45, 7) is 5.76. The predicted octanol–water partition coefficient (Wildman–Crippen LogP) is 0.570. The Hall–Kier alpha value is -1.63. The smallest absolute Gasteiger partial charge is 0.156 e. The summed E-state index contributed by atoms with van der Waals surface area (Å²) in [5.41, 5.74) is 5.71. The number of nitrogens with zero attached hydrogens (tertiary/aromatic N) is 5. The van der Waals surface area contributed by atoms with E-state index >= 15 is 0 Å². The van der Waals surface area contributed by atoms with Crippen LogP contribution in [0.2, 0.25) is 0 Å². The first kappa shape index (κ1) is 12.8. The van der Waals surface area contributed by atoms with E-state index in [1.807, 2.05) is 4.68 Å². The number of hydrogen-bond donors (Lipinski definition) is 2. The van der Waals surface area contributed by atoms with E-state index in [9.17, 15) is 0 Å². The highest BCUT2D eigenvalue weighted by molar-refractivity contribution is 5.85. The van der Waals surface area contributed by atoms with Crippen molar-refractivity contribution in [2.75, 3.05) is 6.54 Å². The van der Waals surface area contributed by atoms with Crippen LogP contribution in [0, 0.1) is 0 Å². The lowest BCUT2D eigenvalue weighted by atomic mass is 10.2. The first-order chi connectivity index (χ1) is 8.63. The zero-order chi connectivity index (χ0) is 13.1. The van der Waals surface area contributed by atoms with Crippen LogP contribution in [0.4, 0.5) is 0 Å². The third-order valence-corrected chi connectivity index (χ3v) is 3.30. The highest BCUT2D eigenvalue weighted by Gasteiger charge is 2.29. The fourth-order valence-corrected chi connectivity index (χ4v) is 2.42. The van der Waals surface area contributed by atoms with Crippen molar-refractivity contribution in [1.29, 1.82) is 0 Å². The summed E-state index contributed by atoms with van der Waals surface area (Å²) in [5, 5.41) is 16.1. The van der Waals surface area contributed by atoms with Gasteiger partial charge in [-0.05, 0) is 33.2 Å². The van der Waals surface area contributed by atoms with Crippen LogP contribution < -0.4 is 5.73 Å². The maximum Gasteiger partial charge on any atom is 0.156 e. The maximum atomic E-state index is 8.78. The fraction of sp³-hybridized carbons (Fsp3) is 0.727. The van der Waals surface area contributed by atoms with E-state index in [0.29, 0.717) is 6.54 Å². The van der Waals surface area contributed by atoms with Crippen molar-refractivity contribution in [2.24, 2.45) is 10.9 Å². The summed E-state index contributed by atoms with van der Waals surface area (Å²) in [4.78, 5) is 6.47. The van der Waals surface area contributed by atoms with Crippen LogP contribution in [-0.2, 0) is 6.54 Å². The van der Waals surface area contributed by atoms with Crippen molar-refractivity contribution in [2.45, 2.75) is 45.3 Å². The molecule has 0 amide bonds. The van der Waals surface area contributed by atoms with Crippen molar-refractivity contribution in [3.8, 4) is 0 Å². The predicted molar refractivity (Wildman–Crippen MR) is 67.2 cm³/mol. The van der Waals surface area contributed by atoms with E-state index in [-0.39, 0.29) is 17.9 Å². The molecule has 7 heteroatoms. The quantitative estimate of drug-likeness (QED) is 0.354. The summed E-state index contributed by atoms with van der Waals surface area (Å²) < 4.78 is 1.90. The Morgan fingerprint density at radius 3 is 3.11 bits per heavy atom. The molecule has 0 radical (unpaired) electrons. The molecule has 1 aromatic heterocycles. The zero-order valence-corrected chi connectivity index (χ0v) is 10.8. The van der Waals surface area contributed by atoms with E-state index in [1.54, 1.807) is 6.33 Å². The molecule has 1 atom stereocenters.